The van der Waals surface area contributed by atoms with Crippen LogP contribution in [0.4, 0.5) is 0 Å². The Morgan fingerprint density at radius 2 is 1.94 bits per heavy atom. The molecule has 4 N–H and O–H groups in total. The van der Waals surface area contributed by atoms with E-state index < -0.39 is 6.04 Å². The molecule has 0 saturated heterocycles. The normalized spacial score (nSPS) is 11.7. The van der Waals surface area contributed by atoms with E-state index in [0.717, 1.165) is 5.56 Å². The maximum absolute atomic E-state index is 11.8. The first kappa shape index (κ1) is 14.2. The van der Waals surface area contributed by atoms with Crippen LogP contribution in [-0.2, 0) is 16.0 Å². The first-order valence-corrected chi connectivity index (χ1v) is 5.98. The first-order valence-electron chi connectivity index (χ1n) is 5.98. The van der Waals surface area contributed by atoms with Gasteiger partial charge in [-0.2, -0.15) is 0 Å². The van der Waals surface area contributed by atoms with Gasteiger partial charge in [-0.1, -0.05) is 30.3 Å². The molecular weight excluding hydrogens is 230 g/mol. The van der Waals surface area contributed by atoms with E-state index in [1.54, 1.807) is 0 Å². The fourth-order valence-corrected chi connectivity index (χ4v) is 1.61. The molecule has 0 aromatic heterocycles. The summed E-state index contributed by atoms with van der Waals surface area (Å²) in [5, 5.41) is 5.32. The van der Waals surface area contributed by atoms with Gasteiger partial charge in [-0.05, 0) is 12.5 Å². The van der Waals surface area contributed by atoms with Crippen LogP contribution in [0, 0.1) is 0 Å². The number of carbonyl (C=O) groups excluding carboxylic acids is 2. The highest BCUT2D eigenvalue weighted by atomic mass is 16.2. The Balaban J connectivity index is 2.71. The molecule has 0 radical (unpaired) electrons. The highest BCUT2D eigenvalue weighted by molar-refractivity contribution is 5.88. The molecule has 1 aromatic carbocycles. The van der Waals surface area contributed by atoms with E-state index in [0.29, 0.717) is 13.0 Å². The maximum Gasteiger partial charge on any atom is 0.242 e. The molecule has 0 unspecified atom stereocenters. The summed E-state index contributed by atoms with van der Waals surface area (Å²) in [7, 11) is 0. The quantitative estimate of drug-likeness (QED) is 0.653. The third kappa shape index (κ3) is 4.55. The predicted molar refractivity (Wildman–Crippen MR) is 69.8 cm³/mol. The Bertz CT molecular complexity index is 392. The SMILES string of the molecule is CCNC(=O)[C@H](Cc1ccccc1)NC(=O)CN. The zero-order chi connectivity index (χ0) is 13.4. The van der Waals surface area contributed by atoms with E-state index in [1.807, 2.05) is 37.3 Å². The fourth-order valence-electron chi connectivity index (χ4n) is 1.61. The van der Waals surface area contributed by atoms with Gasteiger partial charge in [0.2, 0.25) is 11.8 Å². The van der Waals surface area contributed by atoms with E-state index in [9.17, 15) is 9.59 Å². The lowest BCUT2D eigenvalue weighted by Gasteiger charge is -2.17. The first-order chi connectivity index (χ1) is 8.67. The molecule has 98 valence electrons. The number of likely N-dealkylation sites (N-methyl/N-ethyl adjacent to an activating group) is 1. The summed E-state index contributed by atoms with van der Waals surface area (Å²) in [5.74, 6) is -0.523. The van der Waals surface area contributed by atoms with Crippen LogP contribution in [0.15, 0.2) is 30.3 Å². The Morgan fingerprint density at radius 1 is 1.28 bits per heavy atom. The lowest BCUT2D eigenvalue weighted by molar-refractivity contribution is -0.128. The van der Waals surface area contributed by atoms with Crippen molar-refractivity contribution in [1.29, 1.82) is 0 Å². The topological polar surface area (TPSA) is 84.2 Å². The predicted octanol–water partition coefficient (Wildman–Crippen LogP) is -0.191. The molecule has 0 heterocycles. The molecule has 0 spiro atoms. The number of carbonyl (C=O) groups is 2. The molecule has 0 aliphatic carbocycles. The van der Waals surface area contributed by atoms with Crippen molar-refractivity contribution in [2.45, 2.75) is 19.4 Å². The summed E-state index contributed by atoms with van der Waals surface area (Å²) >= 11 is 0. The summed E-state index contributed by atoms with van der Waals surface area (Å²) in [6.07, 6.45) is 0.457. The minimum Gasteiger partial charge on any atom is -0.355 e. The molecule has 1 rings (SSSR count). The summed E-state index contributed by atoms with van der Waals surface area (Å²) in [5.41, 5.74) is 6.24. The number of hydrogen-bond acceptors (Lipinski definition) is 3. The van der Waals surface area contributed by atoms with Gasteiger partial charge in [-0.3, -0.25) is 9.59 Å². The van der Waals surface area contributed by atoms with Crippen LogP contribution >= 0.6 is 0 Å². The highest BCUT2D eigenvalue weighted by Crippen LogP contribution is 2.03. The second-order valence-electron chi connectivity index (χ2n) is 3.91. The minimum atomic E-state index is -0.580. The van der Waals surface area contributed by atoms with Crippen LogP contribution in [0.2, 0.25) is 0 Å². The van der Waals surface area contributed by atoms with Crippen molar-refractivity contribution >= 4 is 11.8 Å². The number of amides is 2. The van der Waals surface area contributed by atoms with E-state index in [-0.39, 0.29) is 18.4 Å². The van der Waals surface area contributed by atoms with Gasteiger partial charge in [0.15, 0.2) is 0 Å². The van der Waals surface area contributed by atoms with Crippen molar-refractivity contribution in [3.63, 3.8) is 0 Å². The summed E-state index contributed by atoms with van der Waals surface area (Å²) < 4.78 is 0. The Labute approximate surface area is 107 Å². The molecule has 0 saturated carbocycles. The number of nitrogens with one attached hydrogen (secondary N) is 2. The maximum atomic E-state index is 11.8. The van der Waals surface area contributed by atoms with E-state index >= 15 is 0 Å². The molecule has 0 aliphatic rings. The number of hydrogen-bond donors (Lipinski definition) is 3. The Kier molecular flexibility index (Phi) is 5.87. The zero-order valence-electron chi connectivity index (χ0n) is 10.5. The van der Waals surface area contributed by atoms with Gasteiger partial charge < -0.3 is 16.4 Å². The van der Waals surface area contributed by atoms with Gasteiger partial charge in [0, 0.05) is 13.0 Å². The van der Waals surface area contributed by atoms with Gasteiger partial charge in [0.25, 0.3) is 0 Å². The Hall–Kier alpha value is -1.88. The van der Waals surface area contributed by atoms with Crippen molar-refractivity contribution in [3.05, 3.63) is 35.9 Å². The minimum absolute atomic E-state index is 0.120. The van der Waals surface area contributed by atoms with Crippen molar-refractivity contribution in [2.24, 2.45) is 5.73 Å². The molecule has 0 fully saturated rings. The Morgan fingerprint density at radius 3 is 2.50 bits per heavy atom. The lowest BCUT2D eigenvalue weighted by Crippen LogP contribution is -2.49. The van der Waals surface area contributed by atoms with Crippen molar-refractivity contribution in [1.82, 2.24) is 10.6 Å². The van der Waals surface area contributed by atoms with Crippen LogP contribution in [0.25, 0.3) is 0 Å². The van der Waals surface area contributed by atoms with Crippen LogP contribution in [-0.4, -0.2) is 30.9 Å². The average molecular weight is 249 g/mol. The average Bonchev–Trinajstić information content (AvgIpc) is 2.39. The fraction of sp³-hybridized carbons (Fsp3) is 0.385. The second-order valence-corrected chi connectivity index (χ2v) is 3.91. The van der Waals surface area contributed by atoms with Gasteiger partial charge in [-0.15, -0.1) is 0 Å². The smallest absolute Gasteiger partial charge is 0.242 e. The molecule has 0 bridgehead atoms. The van der Waals surface area contributed by atoms with E-state index in [4.69, 9.17) is 5.73 Å². The standard InChI is InChI=1S/C13H19N3O2/c1-2-15-13(18)11(16-12(17)9-14)8-10-6-4-3-5-7-10/h3-7,11H,2,8-9,14H2,1H3,(H,15,18)(H,16,17)/t11-/m0/s1. The molecule has 18 heavy (non-hydrogen) atoms. The molecule has 5 nitrogen and oxygen atoms in total. The van der Waals surface area contributed by atoms with Gasteiger partial charge in [0.1, 0.15) is 6.04 Å². The number of nitrogens with two attached hydrogens (primary N) is 1. The van der Waals surface area contributed by atoms with Crippen molar-refractivity contribution < 1.29 is 9.59 Å². The van der Waals surface area contributed by atoms with Gasteiger partial charge in [-0.25, -0.2) is 0 Å². The van der Waals surface area contributed by atoms with Crippen LogP contribution in [0.1, 0.15) is 12.5 Å². The summed E-state index contributed by atoms with van der Waals surface area (Å²) in [4.78, 5) is 23.1. The van der Waals surface area contributed by atoms with Crippen molar-refractivity contribution in [3.8, 4) is 0 Å². The van der Waals surface area contributed by atoms with Gasteiger partial charge >= 0.3 is 0 Å². The number of rotatable bonds is 6. The van der Waals surface area contributed by atoms with Crippen LogP contribution < -0.4 is 16.4 Å². The molecule has 2 amide bonds. The van der Waals surface area contributed by atoms with Crippen molar-refractivity contribution in [2.75, 3.05) is 13.1 Å². The largest absolute Gasteiger partial charge is 0.355 e. The zero-order valence-corrected chi connectivity index (χ0v) is 10.5. The third-order valence-electron chi connectivity index (χ3n) is 2.47. The molecular formula is C13H19N3O2. The highest BCUT2D eigenvalue weighted by Gasteiger charge is 2.19. The summed E-state index contributed by atoms with van der Waals surface area (Å²) in [6, 6.07) is 8.96. The molecule has 5 heteroatoms. The molecule has 1 atom stereocenters. The van der Waals surface area contributed by atoms with E-state index in [1.165, 1.54) is 0 Å². The summed E-state index contributed by atoms with van der Waals surface area (Å²) in [6.45, 7) is 2.25. The third-order valence-corrected chi connectivity index (χ3v) is 2.47. The van der Waals surface area contributed by atoms with Gasteiger partial charge in [0.05, 0.1) is 6.54 Å². The van der Waals surface area contributed by atoms with Crippen LogP contribution in [0.5, 0.6) is 0 Å². The second kappa shape index (κ2) is 7.45. The molecule has 0 aliphatic heterocycles. The number of benzene rings is 1. The van der Waals surface area contributed by atoms with Crippen LogP contribution in [0.3, 0.4) is 0 Å². The monoisotopic (exact) mass is 249 g/mol. The molecule has 1 aromatic rings. The lowest BCUT2D eigenvalue weighted by atomic mass is 10.1. The van der Waals surface area contributed by atoms with E-state index in [2.05, 4.69) is 10.6 Å².